The first-order valence-corrected chi connectivity index (χ1v) is 9.34. The molecule has 0 aromatic heterocycles. The monoisotopic (exact) mass is 365 g/mol. The number of ether oxygens (including phenoxy) is 1. The Labute approximate surface area is 158 Å². The van der Waals surface area contributed by atoms with Crippen LogP contribution in [0.1, 0.15) is 53.2 Å². The number of aromatic hydroxyl groups is 2. The van der Waals surface area contributed by atoms with E-state index in [0.717, 1.165) is 29.7 Å². The lowest BCUT2D eigenvalue weighted by atomic mass is 9.76. The van der Waals surface area contributed by atoms with Crippen molar-refractivity contribution in [3.05, 3.63) is 65.2 Å². The van der Waals surface area contributed by atoms with E-state index in [1.807, 2.05) is 19.1 Å². The van der Waals surface area contributed by atoms with Crippen molar-refractivity contribution in [1.29, 1.82) is 0 Å². The lowest BCUT2D eigenvalue weighted by Gasteiger charge is -2.37. The van der Waals surface area contributed by atoms with Crippen LogP contribution in [0.2, 0.25) is 0 Å². The molecule has 1 aliphatic heterocycles. The zero-order valence-electron chi connectivity index (χ0n) is 15.2. The van der Waals surface area contributed by atoms with Gasteiger partial charge in [0.05, 0.1) is 18.2 Å². The number of phenols is 2. The molecule has 2 aromatic carbocycles. The Morgan fingerprint density at radius 3 is 2.81 bits per heavy atom. The number of benzene rings is 2. The summed E-state index contributed by atoms with van der Waals surface area (Å²) < 4.78 is 5.26. The molecule has 2 aromatic rings. The normalized spacial score (nSPS) is 22.6. The molecule has 1 aliphatic carbocycles. The van der Waals surface area contributed by atoms with Crippen molar-refractivity contribution in [2.24, 2.45) is 5.92 Å². The fraction of sp³-hybridized carbons (Fsp3) is 0.318. The van der Waals surface area contributed by atoms with Gasteiger partial charge in [0, 0.05) is 23.2 Å². The summed E-state index contributed by atoms with van der Waals surface area (Å²) in [5, 5.41) is 23.4. The van der Waals surface area contributed by atoms with Gasteiger partial charge in [-0.25, -0.2) is 4.79 Å². The predicted molar refractivity (Wildman–Crippen MR) is 103 cm³/mol. The summed E-state index contributed by atoms with van der Waals surface area (Å²) in [7, 11) is 0. The average molecular weight is 365 g/mol. The molecule has 0 fully saturated rings. The molecule has 0 bridgehead atoms. The minimum atomic E-state index is -0.295. The first-order valence-electron chi connectivity index (χ1n) is 9.34. The number of rotatable bonds is 4. The number of anilines is 1. The maximum Gasteiger partial charge on any atom is 0.338 e. The highest BCUT2D eigenvalue weighted by Crippen LogP contribution is 2.51. The number of hydrogen-bond acceptors (Lipinski definition) is 5. The lowest BCUT2D eigenvalue weighted by molar-refractivity contribution is 0.0505. The van der Waals surface area contributed by atoms with Gasteiger partial charge in [-0.05, 0) is 54.7 Å². The summed E-state index contributed by atoms with van der Waals surface area (Å²) in [4.78, 5) is 12.2. The van der Waals surface area contributed by atoms with E-state index in [4.69, 9.17) is 4.74 Å². The van der Waals surface area contributed by atoms with Crippen molar-refractivity contribution >= 4 is 11.7 Å². The van der Waals surface area contributed by atoms with Crippen molar-refractivity contribution in [3.63, 3.8) is 0 Å². The number of hydrogen-bond donors (Lipinski definition) is 3. The van der Waals surface area contributed by atoms with Crippen LogP contribution in [0.5, 0.6) is 11.5 Å². The van der Waals surface area contributed by atoms with E-state index >= 15 is 0 Å². The minimum absolute atomic E-state index is 0.0452. The summed E-state index contributed by atoms with van der Waals surface area (Å²) in [5.41, 5.74) is 3.36. The van der Waals surface area contributed by atoms with Crippen LogP contribution in [0, 0.1) is 5.92 Å². The highest BCUT2D eigenvalue weighted by Gasteiger charge is 2.39. The molecule has 1 heterocycles. The van der Waals surface area contributed by atoms with Crippen LogP contribution >= 0.6 is 0 Å². The van der Waals surface area contributed by atoms with Gasteiger partial charge in [-0.3, -0.25) is 0 Å². The molecule has 0 saturated carbocycles. The van der Waals surface area contributed by atoms with Crippen LogP contribution in [-0.2, 0) is 4.74 Å². The van der Waals surface area contributed by atoms with E-state index < -0.39 is 0 Å². The molecular weight excluding hydrogens is 342 g/mol. The average Bonchev–Trinajstić information content (AvgIpc) is 3.15. The smallest absolute Gasteiger partial charge is 0.338 e. The van der Waals surface area contributed by atoms with Gasteiger partial charge in [-0.1, -0.05) is 19.1 Å². The van der Waals surface area contributed by atoms with Gasteiger partial charge < -0.3 is 20.3 Å². The van der Waals surface area contributed by atoms with Crippen LogP contribution in [0.15, 0.2) is 48.6 Å². The molecule has 0 spiro atoms. The minimum Gasteiger partial charge on any atom is -0.508 e. The van der Waals surface area contributed by atoms with Crippen molar-refractivity contribution < 1.29 is 19.7 Å². The Hall–Kier alpha value is -2.95. The SMILES string of the molecule is CCCOC(=O)c1ccc2c(c1)C1C=CCC1C(c1ccc(O)cc1O)N2. The Morgan fingerprint density at radius 2 is 2.04 bits per heavy atom. The largest absolute Gasteiger partial charge is 0.508 e. The molecule has 5 nitrogen and oxygen atoms in total. The predicted octanol–water partition coefficient (Wildman–Crippen LogP) is 4.49. The Bertz CT molecular complexity index is 905. The Balaban J connectivity index is 1.69. The van der Waals surface area contributed by atoms with Crippen LogP contribution in [0.4, 0.5) is 5.69 Å². The maximum atomic E-state index is 12.2. The molecule has 140 valence electrons. The molecule has 27 heavy (non-hydrogen) atoms. The van der Waals surface area contributed by atoms with E-state index in [1.54, 1.807) is 18.2 Å². The molecule has 0 radical (unpaired) electrons. The van der Waals surface area contributed by atoms with Gasteiger partial charge in [-0.15, -0.1) is 0 Å². The molecule has 4 rings (SSSR count). The maximum absolute atomic E-state index is 12.2. The molecule has 2 aliphatic rings. The zero-order valence-corrected chi connectivity index (χ0v) is 15.2. The van der Waals surface area contributed by atoms with Gasteiger partial charge in [0.1, 0.15) is 11.5 Å². The quantitative estimate of drug-likeness (QED) is 0.549. The topological polar surface area (TPSA) is 78.8 Å². The highest BCUT2D eigenvalue weighted by molar-refractivity contribution is 5.90. The van der Waals surface area contributed by atoms with Crippen molar-refractivity contribution in [1.82, 2.24) is 0 Å². The van der Waals surface area contributed by atoms with Gasteiger partial charge in [0.25, 0.3) is 0 Å². The second-order valence-electron chi connectivity index (χ2n) is 7.16. The van der Waals surface area contributed by atoms with E-state index in [2.05, 4.69) is 17.5 Å². The molecular formula is C22H23NO4. The van der Waals surface area contributed by atoms with E-state index in [-0.39, 0.29) is 35.3 Å². The molecule has 3 N–H and O–H groups in total. The van der Waals surface area contributed by atoms with Crippen LogP contribution < -0.4 is 5.32 Å². The van der Waals surface area contributed by atoms with Crippen molar-refractivity contribution in [2.75, 3.05) is 11.9 Å². The van der Waals surface area contributed by atoms with Gasteiger partial charge >= 0.3 is 5.97 Å². The number of nitrogens with one attached hydrogen (secondary N) is 1. The Morgan fingerprint density at radius 1 is 1.19 bits per heavy atom. The second kappa shape index (κ2) is 6.99. The third-order valence-electron chi connectivity index (χ3n) is 5.38. The third-order valence-corrected chi connectivity index (χ3v) is 5.38. The summed E-state index contributed by atoms with van der Waals surface area (Å²) in [6.45, 7) is 2.39. The van der Waals surface area contributed by atoms with E-state index in [0.29, 0.717) is 12.2 Å². The highest BCUT2D eigenvalue weighted by atomic mass is 16.5. The molecule has 5 heteroatoms. The molecule has 0 saturated heterocycles. The summed E-state index contributed by atoms with van der Waals surface area (Å²) in [6, 6.07) is 10.3. The van der Waals surface area contributed by atoms with Crippen LogP contribution in [-0.4, -0.2) is 22.8 Å². The number of fused-ring (bicyclic) bond motifs is 3. The number of carbonyl (C=O) groups excluding carboxylic acids is 1. The first kappa shape index (κ1) is 17.5. The van der Waals surface area contributed by atoms with Crippen molar-refractivity contribution in [2.45, 2.75) is 31.7 Å². The summed E-state index contributed by atoms with van der Waals surface area (Å²) in [6.07, 6.45) is 6.00. The number of esters is 1. The van der Waals surface area contributed by atoms with Gasteiger partial charge in [-0.2, -0.15) is 0 Å². The fourth-order valence-electron chi connectivity index (χ4n) is 4.10. The standard InChI is InChI=1S/C22H23NO4/c1-2-10-27-22(26)13-6-9-19-18(11-13)15-4-3-5-16(15)21(23-19)17-8-7-14(24)12-20(17)25/h3-4,6-9,11-12,15-16,21,23-25H,2,5,10H2,1H3. The van der Waals surface area contributed by atoms with Gasteiger partial charge in [0.2, 0.25) is 0 Å². The lowest BCUT2D eigenvalue weighted by Crippen LogP contribution is -2.29. The zero-order chi connectivity index (χ0) is 19.0. The Kier molecular flexibility index (Phi) is 4.52. The second-order valence-corrected chi connectivity index (χ2v) is 7.16. The molecule has 3 unspecified atom stereocenters. The first-order chi connectivity index (χ1) is 13.1. The van der Waals surface area contributed by atoms with E-state index in [9.17, 15) is 15.0 Å². The third kappa shape index (κ3) is 3.14. The summed E-state index contributed by atoms with van der Waals surface area (Å²) >= 11 is 0. The number of phenolic OH excluding ortho intramolecular Hbond substituents is 2. The molecule has 0 amide bonds. The van der Waals surface area contributed by atoms with Crippen LogP contribution in [0.25, 0.3) is 0 Å². The molecule has 3 atom stereocenters. The van der Waals surface area contributed by atoms with Gasteiger partial charge in [0.15, 0.2) is 0 Å². The van der Waals surface area contributed by atoms with Crippen molar-refractivity contribution in [3.8, 4) is 11.5 Å². The summed E-state index contributed by atoms with van der Waals surface area (Å²) in [5.74, 6) is 0.231. The van der Waals surface area contributed by atoms with E-state index in [1.165, 1.54) is 6.07 Å². The number of carbonyl (C=O) groups is 1. The van der Waals surface area contributed by atoms with Crippen LogP contribution in [0.3, 0.4) is 0 Å². The number of allylic oxidation sites excluding steroid dienone is 2. The fourth-order valence-corrected chi connectivity index (χ4v) is 4.10.